The second-order valence-electron chi connectivity index (χ2n) is 3.89. The van der Waals surface area contributed by atoms with Gasteiger partial charge in [-0.25, -0.2) is 0 Å². The van der Waals surface area contributed by atoms with E-state index < -0.39 is 0 Å². The van der Waals surface area contributed by atoms with Gasteiger partial charge in [0.05, 0.1) is 39.6 Å². The summed E-state index contributed by atoms with van der Waals surface area (Å²) in [5.74, 6) is 0. The van der Waals surface area contributed by atoms with Gasteiger partial charge >= 0.3 is 0 Å². The molecule has 0 radical (unpaired) electrons. The molecule has 0 saturated heterocycles. The fourth-order valence-electron chi connectivity index (χ4n) is 1.26. The Hall–Kier alpha value is -1.70. The average Bonchev–Trinajstić information content (AvgIpc) is 2.52. The first-order valence-corrected chi connectivity index (χ1v) is 6.69. The van der Waals surface area contributed by atoms with Crippen LogP contribution in [0.15, 0.2) is 25.6 Å². The van der Waals surface area contributed by atoms with Crippen molar-refractivity contribution in [2.24, 2.45) is 0 Å². The first-order valence-electron chi connectivity index (χ1n) is 6.69. The molecule has 0 heterocycles. The summed E-state index contributed by atoms with van der Waals surface area (Å²) in [6.45, 7) is 10.7. The van der Waals surface area contributed by atoms with Crippen molar-refractivity contribution in [1.82, 2.24) is 9.80 Å². The summed E-state index contributed by atoms with van der Waals surface area (Å²) < 4.78 is 15.9. The summed E-state index contributed by atoms with van der Waals surface area (Å²) in [5, 5.41) is 0. The molecular formula is C14H24N2O5. The molecule has 0 aromatic carbocycles. The lowest BCUT2D eigenvalue weighted by molar-refractivity contribution is -0.117. The Bertz CT molecular complexity index is 255. The average molecular weight is 300 g/mol. The fraction of sp³-hybridized carbons (Fsp3) is 0.571. The van der Waals surface area contributed by atoms with Gasteiger partial charge in [-0.2, -0.15) is 0 Å². The third-order valence-corrected chi connectivity index (χ3v) is 2.47. The van der Waals surface area contributed by atoms with Gasteiger partial charge in [-0.3, -0.25) is 9.59 Å². The van der Waals surface area contributed by atoms with Crippen LogP contribution in [0.25, 0.3) is 0 Å². The van der Waals surface area contributed by atoms with Crippen molar-refractivity contribution in [1.29, 1.82) is 0 Å². The van der Waals surface area contributed by atoms with Crippen LogP contribution >= 0.6 is 0 Å². The zero-order valence-corrected chi connectivity index (χ0v) is 12.3. The van der Waals surface area contributed by atoms with E-state index in [0.29, 0.717) is 65.6 Å². The zero-order valence-electron chi connectivity index (χ0n) is 12.3. The third kappa shape index (κ3) is 11.8. The quantitative estimate of drug-likeness (QED) is 0.302. The molecule has 0 spiro atoms. The second-order valence-corrected chi connectivity index (χ2v) is 3.89. The lowest BCUT2D eigenvalue weighted by atomic mass is 10.6. The molecular weight excluding hydrogens is 276 g/mol. The highest BCUT2D eigenvalue weighted by Gasteiger charge is 1.97. The molecule has 0 unspecified atom stereocenters. The summed E-state index contributed by atoms with van der Waals surface area (Å²) in [7, 11) is 0. The maximum absolute atomic E-state index is 10.4. The van der Waals surface area contributed by atoms with E-state index in [1.807, 2.05) is 0 Å². The summed E-state index contributed by atoms with van der Waals surface area (Å²) in [6.07, 6.45) is 4.29. The predicted molar refractivity (Wildman–Crippen MR) is 78.4 cm³/mol. The smallest absolute Gasteiger partial charge is 0.213 e. The molecule has 0 aliphatic carbocycles. The van der Waals surface area contributed by atoms with Crippen molar-refractivity contribution in [2.75, 3.05) is 52.7 Å². The molecule has 0 bridgehead atoms. The highest BCUT2D eigenvalue weighted by Crippen LogP contribution is 1.87. The topological polar surface area (TPSA) is 68.3 Å². The molecule has 0 fully saturated rings. The summed E-state index contributed by atoms with van der Waals surface area (Å²) >= 11 is 0. The molecule has 0 rings (SSSR count). The molecule has 0 aromatic rings. The monoisotopic (exact) mass is 300 g/mol. The molecule has 7 nitrogen and oxygen atoms in total. The van der Waals surface area contributed by atoms with Crippen molar-refractivity contribution in [3.05, 3.63) is 25.6 Å². The number of hydrogen-bond acceptors (Lipinski definition) is 5. The van der Waals surface area contributed by atoms with Crippen LogP contribution < -0.4 is 0 Å². The maximum atomic E-state index is 10.4. The molecule has 0 aliphatic heterocycles. The maximum Gasteiger partial charge on any atom is 0.213 e. The highest BCUT2D eigenvalue weighted by atomic mass is 16.5. The van der Waals surface area contributed by atoms with Crippen LogP contribution in [0, 0.1) is 0 Å². The molecule has 2 amide bonds. The van der Waals surface area contributed by atoms with E-state index in [1.54, 1.807) is 0 Å². The first kappa shape index (κ1) is 19.3. The summed E-state index contributed by atoms with van der Waals surface area (Å²) in [6, 6.07) is 0. The van der Waals surface area contributed by atoms with E-state index in [9.17, 15) is 9.59 Å². The van der Waals surface area contributed by atoms with Gasteiger partial charge in [-0.1, -0.05) is 13.2 Å². The van der Waals surface area contributed by atoms with E-state index in [1.165, 1.54) is 22.2 Å². The number of ether oxygens (including phenoxy) is 3. The van der Waals surface area contributed by atoms with Crippen LogP contribution in [-0.2, 0) is 23.8 Å². The van der Waals surface area contributed by atoms with Crippen LogP contribution in [0.5, 0.6) is 0 Å². The minimum Gasteiger partial charge on any atom is -0.377 e. The van der Waals surface area contributed by atoms with Gasteiger partial charge in [0.25, 0.3) is 0 Å². The Morgan fingerprint density at radius 3 is 1.29 bits per heavy atom. The lowest BCUT2D eigenvalue weighted by Gasteiger charge is -2.12. The largest absolute Gasteiger partial charge is 0.377 e. The van der Waals surface area contributed by atoms with E-state index in [0.717, 1.165) is 0 Å². The molecule has 7 heteroatoms. The Labute approximate surface area is 125 Å². The molecule has 0 aliphatic rings. The fourth-order valence-corrected chi connectivity index (χ4v) is 1.26. The third-order valence-electron chi connectivity index (χ3n) is 2.47. The summed E-state index contributed by atoms with van der Waals surface area (Å²) in [4.78, 5) is 23.7. The molecule has 0 saturated carbocycles. The standard InChI is InChI=1S/C14H24N2O5/c1-3-15(13-17)5-7-19-9-11-21-12-10-20-8-6-16(4-2)14-18/h3-4,13-14H,1-2,5-12H2. The molecule has 0 N–H and O–H groups in total. The van der Waals surface area contributed by atoms with Gasteiger partial charge in [0, 0.05) is 13.1 Å². The molecule has 21 heavy (non-hydrogen) atoms. The van der Waals surface area contributed by atoms with Gasteiger partial charge in [0.15, 0.2) is 0 Å². The van der Waals surface area contributed by atoms with Crippen LogP contribution in [0.2, 0.25) is 0 Å². The van der Waals surface area contributed by atoms with Gasteiger partial charge < -0.3 is 24.0 Å². The SMILES string of the molecule is C=CN(C=O)CCOCCOCCOCCN(C=C)C=O. The minimum absolute atomic E-state index is 0.438. The lowest BCUT2D eigenvalue weighted by Crippen LogP contribution is -2.22. The Kier molecular flexibility index (Phi) is 13.5. The molecule has 0 aromatic heterocycles. The summed E-state index contributed by atoms with van der Waals surface area (Å²) in [5.41, 5.74) is 0. The molecule has 0 atom stereocenters. The van der Waals surface area contributed by atoms with Crippen LogP contribution in [0.4, 0.5) is 0 Å². The van der Waals surface area contributed by atoms with Crippen molar-refractivity contribution in [3.63, 3.8) is 0 Å². The van der Waals surface area contributed by atoms with Crippen LogP contribution in [-0.4, -0.2) is 75.4 Å². The van der Waals surface area contributed by atoms with Crippen molar-refractivity contribution < 1.29 is 23.8 Å². The highest BCUT2D eigenvalue weighted by molar-refractivity contribution is 5.48. The predicted octanol–water partition coefficient (Wildman–Crippen LogP) is 0.240. The molecule has 120 valence electrons. The number of rotatable bonds is 16. The zero-order chi connectivity index (χ0) is 15.8. The first-order chi connectivity index (χ1) is 10.3. The van der Waals surface area contributed by atoms with Gasteiger partial charge in [0.1, 0.15) is 0 Å². The van der Waals surface area contributed by atoms with Crippen molar-refractivity contribution in [2.45, 2.75) is 0 Å². The van der Waals surface area contributed by atoms with Gasteiger partial charge in [0.2, 0.25) is 12.8 Å². The van der Waals surface area contributed by atoms with Gasteiger partial charge in [-0.05, 0) is 12.4 Å². The van der Waals surface area contributed by atoms with Crippen LogP contribution in [0.3, 0.4) is 0 Å². The van der Waals surface area contributed by atoms with Crippen molar-refractivity contribution >= 4 is 12.8 Å². The Morgan fingerprint density at radius 2 is 1.00 bits per heavy atom. The Morgan fingerprint density at radius 1 is 0.667 bits per heavy atom. The van der Waals surface area contributed by atoms with E-state index >= 15 is 0 Å². The number of amides is 2. The minimum atomic E-state index is 0.438. The normalized spacial score (nSPS) is 9.90. The number of nitrogens with zero attached hydrogens (tertiary/aromatic N) is 2. The number of hydrogen-bond donors (Lipinski definition) is 0. The van der Waals surface area contributed by atoms with E-state index in [4.69, 9.17) is 14.2 Å². The van der Waals surface area contributed by atoms with E-state index in [-0.39, 0.29) is 0 Å². The van der Waals surface area contributed by atoms with Crippen LogP contribution in [0.1, 0.15) is 0 Å². The van der Waals surface area contributed by atoms with Crippen molar-refractivity contribution in [3.8, 4) is 0 Å². The number of carbonyl (C=O) groups excluding carboxylic acids is 2. The Balaban J connectivity index is 3.22. The van der Waals surface area contributed by atoms with E-state index in [2.05, 4.69) is 13.2 Å². The van der Waals surface area contributed by atoms with Gasteiger partial charge in [-0.15, -0.1) is 0 Å². The number of carbonyl (C=O) groups is 2. The second kappa shape index (κ2) is 14.7.